The number of benzene rings is 2. The summed E-state index contributed by atoms with van der Waals surface area (Å²) in [5.41, 5.74) is 2.58. The highest BCUT2D eigenvalue weighted by atomic mass is 35.5. The summed E-state index contributed by atoms with van der Waals surface area (Å²) in [6, 6.07) is 12.9. The predicted molar refractivity (Wildman–Crippen MR) is 104 cm³/mol. The number of nitrogens with one attached hydrogen (secondary N) is 1. The number of halogens is 1. The zero-order chi connectivity index (χ0) is 18.5. The van der Waals surface area contributed by atoms with Gasteiger partial charge in [0.2, 0.25) is 0 Å². The van der Waals surface area contributed by atoms with Crippen molar-refractivity contribution in [2.45, 2.75) is 6.92 Å². The van der Waals surface area contributed by atoms with E-state index in [1.807, 2.05) is 36.6 Å². The monoisotopic (exact) mass is 388 g/mol. The number of rotatable bonds is 6. The van der Waals surface area contributed by atoms with E-state index >= 15 is 0 Å². The fourth-order valence-electron chi connectivity index (χ4n) is 2.32. The van der Waals surface area contributed by atoms with Crippen LogP contribution in [-0.4, -0.2) is 24.6 Å². The number of aryl methyl sites for hydroxylation is 1. The summed E-state index contributed by atoms with van der Waals surface area (Å²) in [5.74, 6) is 1.11. The van der Waals surface area contributed by atoms with Gasteiger partial charge in [-0.2, -0.15) is 0 Å². The Balaban J connectivity index is 1.60. The van der Waals surface area contributed by atoms with E-state index in [-0.39, 0.29) is 12.5 Å². The van der Waals surface area contributed by atoms with E-state index in [2.05, 4.69) is 10.3 Å². The third-order valence-corrected chi connectivity index (χ3v) is 4.60. The van der Waals surface area contributed by atoms with E-state index in [0.717, 1.165) is 22.6 Å². The standard InChI is InChI=1S/C19H17ClN2O3S/c1-12-8-14(20)6-7-17(12)25-10-18(23)22-19-21-16(11-26-19)13-4-3-5-15(9-13)24-2/h3-9,11H,10H2,1-2H3,(H,21,22,23). The minimum atomic E-state index is -0.272. The fourth-order valence-corrected chi connectivity index (χ4v) is 3.28. The number of methoxy groups -OCH3 is 1. The third-order valence-electron chi connectivity index (χ3n) is 3.61. The van der Waals surface area contributed by atoms with Crippen LogP contribution in [0.25, 0.3) is 11.3 Å². The van der Waals surface area contributed by atoms with Crippen LogP contribution in [0.3, 0.4) is 0 Å². The second kappa shape index (κ2) is 8.21. The van der Waals surface area contributed by atoms with Crippen molar-refractivity contribution in [1.29, 1.82) is 0 Å². The summed E-state index contributed by atoms with van der Waals surface area (Å²) in [7, 11) is 1.62. The van der Waals surface area contributed by atoms with Gasteiger partial charge in [0.15, 0.2) is 11.7 Å². The molecule has 3 rings (SSSR count). The lowest BCUT2D eigenvalue weighted by Crippen LogP contribution is -2.20. The molecule has 0 aliphatic carbocycles. The first-order valence-electron chi connectivity index (χ1n) is 7.84. The van der Waals surface area contributed by atoms with Crippen molar-refractivity contribution < 1.29 is 14.3 Å². The van der Waals surface area contributed by atoms with Crippen molar-refractivity contribution >= 4 is 34.0 Å². The molecular formula is C19H17ClN2O3S. The normalized spacial score (nSPS) is 10.4. The molecule has 26 heavy (non-hydrogen) atoms. The predicted octanol–water partition coefficient (Wildman–Crippen LogP) is 4.80. The van der Waals surface area contributed by atoms with Crippen LogP contribution >= 0.6 is 22.9 Å². The number of amides is 1. The van der Waals surface area contributed by atoms with E-state index in [4.69, 9.17) is 21.1 Å². The zero-order valence-corrected chi connectivity index (χ0v) is 15.9. The molecule has 2 aromatic carbocycles. The molecule has 0 saturated carbocycles. The van der Waals surface area contributed by atoms with Gasteiger partial charge in [0.25, 0.3) is 5.91 Å². The van der Waals surface area contributed by atoms with Crippen molar-refractivity contribution in [3.05, 3.63) is 58.4 Å². The van der Waals surface area contributed by atoms with Crippen LogP contribution in [0.5, 0.6) is 11.5 Å². The van der Waals surface area contributed by atoms with Crippen LogP contribution in [0.15, 0.2) is 47.8 Å². The molecular weight excluding hydrogens is 372 g/mol. The molecule has 1 heterocycles. The lowest BCUT2D eigenvalue weighted by atomic mass is 10.2. The Morgan fingerprint density at radius 3 is 2.88 bits per heavy atom. The van der Waals surface area contributed by atoms with Crippen molar-refractivity contribution in [2.24, 2.45) is 0 Å². The lowest BCUT2D eigenvalue weighted by Gasteiger charge is -2.08. The molecule has 1 aromatic heterocycles. The molecule has 0 atom stereocenters. The van der Waals surface area contributed by atoms with Crippen LogP contribution in [0, 0.1) is 6.92 Å². The van der Waals surface area contributed by atoms with Gasteiger partial charge in [-0.15, -0.1) is 11.3 Å². The minimum absolute atomic E-state index is 0.101. The molecule has 0 bridgehead atoms. The van der Waals surface area contributed by atoms with Gasteiger partial charge in [-0.25, -0.2) is 4.98 Å². The van der Waals surface area contributed by atoms with E-state index in [0.29, 0.717) is 15.9 Å². The maximum atomic E-state index is 12.1. The number of carbonyl (C=O) groups is 1. The van der Waals surface area contributed by atoms with E-state index in [1.165, 1.54) is 11.3 Å². The molecule has 1 N–H and O–H groups in total. The lowest BCUT2D eigenvalue weighted by molar-refractivity contribution is -0.118. The van der Waals surface area contributed by atoms with Crippen LogP contribution in [0.1, 0.15) is 5.56 Å². The Morgan fingerprint density at radius 2 is 2.12 bits per heavy atom. The Bertz CT molecular complexity index is 927. The molecule has 0 aliphatic heterocycles. The van der Waals surface area contributed by atoms with Crippen LogP contribution < -0.4 is 14.8 Å². The Kier molecular flexibility index (Phi) is 5.75. The smallest absolute Gasteiger partial charge is 0.264 e. The van der Waals surface area contributed by atoms with Crippen molar-refractivity contribution in [3.63, 3.8) is 0 Å². The first kappa shape index (κ1) is 18.2. The van der Waals surface area contributed by atoms with Gasteiger partial charge in [0.1, 0.15) is 11.5 Å². The van der Waals surface area contributed by atoms with Gasteiger partial charge in [-0.05, 0) is 42.8 Å². The van der Waals surface area contributed by atoms with Crippen LogP contribution in [0.2, 0.25) is 5.02 Å². The summed E-state index contributed by atoms with van der Waals surface area (Å²) in [6.45, 7) is 1.77. The molecule has 0 saturated heterocycles. The minimum Gasteiger partial charge on any atom is -0.497 e. The molecule has 0 spiro atoms. The SMILES string of the molecule is COc1cccc(-c2csc(NC(=O)COc3ccc(Cl)cc3C)n2)c1. The summed E-state index contributed by atoms with van der Waals surface area (Å²) >= 11 is 7.27. The number of thiazole rings is 1. The van der Waals surface area contributed by atoms with Crippen LogP contribution in [0.4, 0.5) is 5.13 Å². The maximum Gasteiger partial charge on any atom is 0.264 e. The second-order valence-electron chi connectivity index (χ2n) is 5.52. The van der Waals surface area contributed by atoms with E-state index in [9.17, 15) is 4.79 Å². The molecule has 5 nitrogen and oxygen atoms in total. The molecule has 0 aliphatic rings. The highest BCUT2D eigenvalue weighted by Crippen LogP contribution is 2.27. The summed E-state index contributed by atoms with van der Waals surface area (Å²) in [6.07, 6.45) is 0. The molecule has 1 amide bonds. The molecule has 0 radical (unpaired) electrons. The Hall–Kier alpha value is -2.57. The highest BCUT2D eigenvalue weighted by Gasteiger charge is 2.10. The van der Waals surface area contributed by atoms with Crippen molar-refractivity contribution in [3.8, 4) is 22.8 Å². The zero-order valence-electron chi connectivity index (χ0n) is 14.3. The number of nitrogens with zero attached hydrogens (tertiary/aromatic N) is 1. The Morgan fingerprint density at radius 1 is 1.27 bits per heavy atom. The molecule has 7 heteroatoms. The average molecular weight is 389 g/mol. The van der Waals surface area contributed by atoms with Gasteiger partial charge >= 0.3 is 0 Å². The van der Waals surface area contributed by atoms with Gasteiger partial charge in [-0.1, -0.05) is 23.7 Å². The number of hydrogen-bond donors (Lipinski definition) is 1. The van der Waals surface area contributed by atoms with E-state index in [1.54, 1.807) is 25.3 Å². The number of anilines is 1. The molecule has 3 aromatic rings. The molecule has 134 valence electrons. The number of ether oxygens (including phenoxy) is 2. The Labute approximate surface area is 160 Å². The first-order valence-corrected chi connectivity index (χ1v) is 9.09. The molecule has 0 fully saturated rings. The average Bonchev–Trinajstić information content (AvgIpc) is 3.09. The quantitative estimate of drug-likeness (QED) is 0.659. The van der Waals surface area contributed by atoms with Gasteiger partial charge < -0.3 is 9.47 Å². The fraction of sp³-hybridized carbons (Fsp3) is 0.158. The first-order chi connectivity index (χ1) is 12.5. The number of hydrogen-bond acceptors (Lipinski definition) is 5. The third kappa shape index (κ3) is 4.53. The van der Waals surface area contributed by atoms with Crippen molar-refractivity contribution in [2.75, 3.05) is 19.0 Å². The number of aromatic nitrogens is 1. The second-order valence-corrected chi connectivity index (χ2v) is 6.81. The topological polar surface area (TPSA) is 60.5 Å². The van der Waals surface area contributed by atoms with Gasteiger partial charge in [-0.3, -0.25) is 10.1 Å². The van der Waals surface area contributed by atoms with Gasteiger partial charge in [0, 0.05) is 16.0 Å². The van der Waals surface area contributed by atoms with Crippen LogP contribution in [-0.2, 0) is 4.79 Å². The number of carbonyl (C=O) groups excluding carboxylic acids is 1. The molecule has 0 unspecified atom stereocenters. The van der Waals surface area contributed by atoms with Crippen molar-refractivity contribution in [1.82, 2.24) is 4.98 Å². The maximum absolute atomic E-state index is 12.1. The summed E-state index contributed by atoms with van der Waals surface area (Å²) in [5, 5.41) is 5.78. The summed E-state index contributed by atoms with van der Waals surface area (Å²) < 4.78 is 10.8. The van der Waals surface area contributed by atoms with Gasteiger partial charge in [0.05, 0.1) is 12.8 Å². The highest BCUT2D eigenvalue weighted by molar-refractivity contribution is 7.14. The van der Waals surface area contributed by atoms with E-state index < -0.39 is 0 Å². The largest absolute Gasteiger partial charge is 0.497 e. The summed E-state index contributed by atoms with van der Waals surface area (Å²) in [4.78, 5) is 16.5.